The van der Waals surface area contributed by atoms with Gasteiger partial charge in [-0.3, -0.25) is 4.79 Å². The Morgan fingerprint density at radius 1 is 1.24 bits per heavy atom. The number of nitrogens with one attached hydrogen (secondary N) is 1. The third kappa shape index (κ3) is 3.09. The third-order valence-corrected chi connectivity index (χ3v) is 5.53. The van der Waals surface area contributed by atoms with Gasteiger partial charge in [-0.25, -0.2) is 5.43 Å². The van der Waals surface area contributed by atoms with Crippen LogP contribution in [-0.4, -0.2) is 11.6 Å². The van der Waals surface area contributed by atoms with Crippen molar-refractivity contribution in [3.8, 4) is 0 Å². The zero-order chi connectivity index (χ0) is 15.0. The second-order valence-electron chi connectivity index (χ2n) is 6.10. The van der Waals surface area contributed by atoms with Gasteiger partial charge in [0.2, 0.25) is 0 Å². The number of fused-ring (bicyclic) bond motifs is 2. The van der Waals surface area contributed by atoms with Crippen LogP contribution in [0.4, 0.5) is 0 Å². The molecule has 0 radical (unpaired) electrons. The maximum atomic E-state index is 12.1. The lowest BCUT2D eigenvalue weighted by atomic mass is 9.86. The topological polar surface area (TPSA) is 41.5 Å². The fourth-order valence-corrected chi connectivity index (χ4v) is 3.98. The van der Waals surface area contributed by atoms with E-state index in [0.717, 1.165) is 17.5 Å². The van der Waals surface area contributed by atoms with Crippen LogP contribution >= 0.6 is 23.2 Å². The summed E-state index contributed by atoms with van der Waals surface area (Å²) in [5.41, 5.74) is 4.13. The van der Waals surface area contributed by atoms with Crippen LogP contribution in [0.2, 0.25) is 10.0 Å². The van der Waals surface area contributed by atoms with E-state index in [0.29, 0.717) is 21.5 Å². The van der Waals surface area contributed by atoms with E-state index < -0.39 is 0 Å². The number of rotatable bonds is 3. The van der Waals surface area contributed by atoms with Crippen LogP contribution in [0.3, 0.4) is 0 Å². The SMILES string of the molecule is C/C(=N/NC(=O)c1ccc(Cl)c(Cl)c1)[C@H]1C[C@@H]2CC[C@@H]1C2. The highest BCUT2D eigenvalue weighted by Gasteiger charge is 2.40. The van der Waals surface area contributed by atoms with Crippen molar-refractivity contribution in [2.24, 2.45) is 22.9 Å². The van der Waals surface area contributed by atoms with Crippen molar-refractivity contribution in [1.29, 1.82) is 0 Å². The first-order valence-corrected chi connectivity index (χ1v) is 8.09. The van der Waals surface area contributed by atoms with E-state index in [9.17, 15) is 4.79 Å². The first-order chi connectivity index (χ1) is 10.0. The lowest BCUT2D eigenvalue weighted by Crippen LogP contribution is -2.24. The number of amides is 1. The number of nitrogens with zero attached hydrogens (tertiary/aromatic N) is 1. The van der Waals surface area contributed by atoms with Gasteiger partial charge in [-0.15, -0.1) is 0 Å². The first kappa shape index (κ1) is 14.9. The summed E-state index contributed by atoms with van der Waals surface area (Å²) in [6.07, 6.45) is 5.23. The number of hydrogen-bond acceptors (Lipinski definition) is 2. The molecule has 1 aromatic rings. The molecule has 0 heterocycles. The van der Waals surface area contributed by atoms with Crippen molar-refractivity contribution in [3.05, 3.63) is 33.8 Å². The van der Waals surface area contributed by atoms with Crippen molar-refractivity contribution in [2.75, 3.05) is 0 Å². The highest BCUT2D eigenvalue weighted by atomic mass is 35.5. The van der Waals surface area contributed by atoms with Gasteiger partial charge < -0.3 is 0 Å². The van der Waals surface area contributed by atoms with Gasteiger partial charge in [0.25, 0.3) is 5.91 Å². The van der Waals surface area contributed by atoms with Gasteiger partial charge >= 0.3 is 0 Å². The van der Waals surface area contributed by atoms with Gasteiger partial charge in [0.15, 0.2) is 0 Å². The maximum absolute atomic E-state index is 12.1. The molecule has 2 bridgehead atoms. The van der Waals surface area contributed by atoms with E-state index in [1.165, 1.54) is 25.7 Å². The Bertz CT molecular complexity index is 600. The second-order valence-corrected chi connectivity index (χ2v) is 6.92. The van der Waals surface area contributed by atoms with E-state index in [4.69, 9.17) is 23.2 Å². The molecule has 1 aromatic carbocycles. The Balaban J connectivity index is 1.64. The molecule has 0 saturated heterocycles. The molecule has 0 spiro atoms. The van der Waals surface area contributed by atoms with Crippen molar-refractivity contribution in [2.45, 2.75) is 32.6 Å². The standard InChI is InChI=1S/C16H18Cl2N2O/c1-9(13-7-10-2-3-11(13)6-10)19-20-16(21)12-4-5-14(17)15(18)8-12/h4-5,8,10-11,13H,2-3,6-7H2,1H3,(H,20,21)/b19-9-/t10-,11-,13-/m1/s1. The molecular formula is C16H18Cl2N2O. The molecule has 0 aliphatic heterocycles. The summed E-state index contributed by atoms with van der Waals surface area (Å²) in [4.78, 5) is 12.1. The van der Waals surface area contributed by atoms with E-state index in [1.54, 1.807) is 18.2 Å². The Morgan fingerprint density at radius 3 is 2.67 bits per heavy atom. The number of carbonyl (C=O) groups excluding carboxylic acids is 1. The van der Waals surface area contributed by atoms with Crippen molar-refractivity contribution in [3.63, 3.8) is 0 Å². The number of halogens is 2. The quantitative estimate of drug-likeness (QED) is 0.643. The van der Waals surface area contributed by atoms with Crippen LogP contribution in [0.5, 0.6) is 0 Å². The molecule has 3 rings (SSSR count). The number of hydrazone groups is 1. The first-order valence-electron chi connectivity index (χ1n) is 7.34. The Kier molecular flexibility index (Phi) is 4.23. The summed E-state index contributed by atoms with van der Waals surface area (Å²) >= 11 is 11.8. The lowest BCUT2D eigenvalue weighted by Gasteiger charge is -2.21. The summed E-state index contributed by atoms with van der Waals surface area (Å²) in [6, 6.07) is 4.82. The predicted octanol–water partition coefficient (Wildman–Crippen LogP) is 4.54. The number of benzene rings is 1. The lowest BCUT2D eigenvalue weighted by molar-refractivity contribution is 0.0954. The number of carbonyl (C=O) groups is 1. The van der Waals surface area contributed by atoms with Crippen LogP contribution in [0.15, 0.2) is 23.3 Å². The molecule has 21 heavy (non-hydrogen) atoms. The van der Waals surface area contributed by atoms with Gasteiger partial charge in [-0.1, -0.05) is 29.6 Å². The Hall–Kier alpha value is -1.06. The maximum Gasteiger partial charge on any atom is 0.271 e. The van der Waals surface area contributed by atoms with Crippen LogP contribution < -0.4 is 5.43 Å². The summed E-state index contributed by atoms with van der Waals surface area (Å²) in [5, 5.41) is 5.11. The molecule has 0 aromatic heterocycles. The molecule has 2 saturated carbocycles. The van der Waals surface area contributed by atoms with E-state index in [1.807, 2.05) is 6.92 Å². The van der Waals surface area contributed by atoms with Crippen molar-refractivity contribution < 1.29 is 4.79 Å². The minimum atomic E-state index is -0.254. The average Bonchev–Trinajstić information content (AvgIpc) is 3.10. The van der Waals surface area contributed by atoms with Gasteiger partial charge in [0.1, 0.15) is 0 Å². The molecule has 1 amide bonds. The fourth-order valence-electron chi connectivity index (χ4n) is 3.68. The van der Waals surface area contributed by atoms with Crippen LogP contribution in [0, 0.1) is 17.8 Å². The van der Waals surface area contributed by atoms with Gasteiger partial charge in [0, 0.05) is 17.2 Å². The molecule has 2 fully saturated rings. The molecule has 1 N–H and O–H groups in total. The highest BCUT2D eigenvalue weighted by molar-refractivity contribution is 6.42. The summed E-state index contributed by atoms with van der Waals surface area (Å²) in [5.74, 6) is 1.92. The molecule has 0 unspecified atom stereocenters. The Labute approximate surface area is 134 Å². The van der Waals surface area contributed by atoms with E-state index in [-0.39, 0.29) is 5.91 Å². The molecule has 3 atom stereocenters. The van der Waals surface area contributed by atoms with Crippen molar-refractivity contribution in [1.82, 2.24) is 5.43 Å². The highest BCUT2D eigenvalue weighted by Crippen LogP contribution is 2.48. The minimum absolute atomic E-state index is 0.254. The van der Waals surface area contributed by atoms with E-state index in [2.05, 4.69) is 10.5 Å². The third-order valence-electron chi connectivity index (χ3n) is 4.79. The number of hydrogen-bond donors (Lipinski definition) is 1. The normalized spacial score (nSPS) is 28.0. The van der Waals surface area contributed by atoms with Gasteiger partial charge in [0.05, 0.1) is 10.0 Å². The van der Waals surface area contributed by atoms with Crippen LogP contribution in [0.25, 0.3) is 0 Å². The fraction of sp³-hybridized carbons (Fsp3) is 0.500. The molecule has 2 aliphatic carbocycles. The molecular weight excluding hydrogens is 307 g/mol. The van der Waals surface area contributed by atoms with Crippen molar-refractivity contribution >= 4 is 34.8 Å². The molecule has 5 heteroatoms. The van der Waals surface area contributed by atoms with Gasteiger partial charge in [-0.2, -0.15) is 5.10 Å². The molecule has 2 aliphatic rings. The van der Waals surface area contributed by atoms with E-state index >= 15 is 0 Å². The monoisotopic (exact) mass is 324 g/mol. The summed E-state index contributed by atoms with van der Waals surface area (Å²) in [6.45, 7) is 2.01. The molecule has 112 valence electrons. The summed E-state index contributed by atoms with van der Waals surface area (Å²) < 4.78 is 0. The minimum Gasteiger partial charge on any atom is -0.267 e. The van der Waals surface area contributed by atoms with Crippen LogP contribution in [-0.2, 0) is 0 Å². The zero-order valence-corrected chi connectivity index (χ0v) is 13.4. The summed E-state index contributed by atoms with van der Waals surface area (Å²) in [7, 11) is 0. The zero-order valence-electron chi connectivity index (χ0n) is 11.9. The second kappa shape index (κ2) is 5.98. The largest absolute Gasteiger partial charge is 0.271 e. The van der Waals surface area contributed by atoms with Gasteiger partial charge in [-0.05, 0) is 56.2 Å². The smallest absolute Gasteiger partial charge is 0.267 e. The predicted molar refractivity (Wildman–Crippen MR) is 86.0 cm³/mol. The molecule has 3 nitrogen and oxygen atoms in total. The Morgan fingerprint density at radius 2 is 2.05 bits per heavy atom. The van der Waals surface area contributed by atoms with Crippen LogP contribution in [0.1, 0.15) is 43.0 Å². The average molecular weight is 325 g/mol.